The number of methoxy groups -OCH3 is 2. The average Bonchev–Trinajstić information content (AvgIpc) is 3.14. The molecule has 1 fully saturated rings. The van der Waals surface area contributed by atoms with Crippen LogP contribution < -0.4 is 34.2 Å². The molecule has 258 valence electrons. The smallest absolute Gasteiger partial charge is 0.226 e. The summed E-state index contributed by atoms with van der Waals surface area (Å²) in [5.74, 6) is 3.89. The van der Waals surface area contributed by atoms with E-state index in [1.54, 1.807) is 26.4 Å². The number of benzene rings is 2. The molecule has 0 saturated carbocycles. The van der Waals surface area contributed by atoms with E-state index in [0.29, 0.717) is 85.0 Å². The molecule has 0 unspecified atom stereocenters. The summed E-state index contributed by atoms with van der Waals surface area (Å²) in [7, 11) is 7.18. The van der Waals surface area contributed by atoms with Crippen LogP contribution in [0.1, 0.15) is 18.4 Å². The normalized spacial score (nSPS) is 15.4. The first-order valence-corrected chi connectivity index (χ1v) is 16.4. The van der Waals surface area contributed by atoms with Gasteiger partial charge in [0.2, 0.25) is 17.7 Å². The number of nitrogen functional groups attached to an aromatic ring is 1. The third kappa shape index (κ3) is 7.92. The maximum atomic E-state index is 13.0. The van der Waals surface area contributed by atoms with Gasteiger partial charge in [-0.1, -0.05) is 12.1 Å². The Morgan fingerprint density at radius 1 is 0.816 bits per heavy atom. The highest BCUT2D eigenvalue weighted by atomic mass is 16.6. The zero-order valence-corrected chi connectivity index (χ0v) is 28.4. The highest BCUT2D eigenvalue weighted by Gasteiger charge is 2.25. The van der Waals surface area contributed by atoms with Crippen molar-refractivity contribution in [3.05, 3.63) is 66.2 Å². The number of nitrogens with zero attached hydrogens (tertiary/aromatic N) is 4. The molecule has 0 bridgehead atoms. The van der Waals surface area contributed by atoms with Crippen molar-refractivity contribution in [2.75, 3.05) is 73.6 Å². The van der Waals surface area contributed by atoms with Gasteiger partial charge in [-0.3, -0.25) is 4.79 Å². The molecule has 3 aliphatic heterocycles. The molecule has 3 aliphatic rings. The van der Waals surface area contributed by atoms with Crippen LogP contribution >= 0.6 is 0 Å². The minimum absolute atomic E-state index is 0.110. The molecule has 0 radical (unpaired) electrons. The van der Waals surface area contributed by atoms with Crippen LogP contribution in [0, 0.1) is 0 Å². The van der Waals surface area contributed by atoms with Gasteiger partial charge in [-0.05, 0) is 74.9 Å². The summed E-state index contributed by atoms with van der Waals surface area (Å²) in [4.78, 5) is 26.2. The van der Waals surface area contributed by atoms with Crippen molar-refractivity contribution in [1.82, 2.24) is 19.8 Å². The largest absolute Gasteiger partial charge is 0.486 e. The minimum Gasteiger partial charge on any atom is -0.486 e. The predicted molar refractivity (Wildman–Crippen MR) is 186 cm³/mol. The Balaban J connectivity index is 0.000000188. The summed E-state index contributed by atoms with van der Waals surface area (Å²) in [6.07, 6.45) is 2.33. The highest BCUT2D eigenvalue weighted by molar-refractivity contribution is 5.80. The zero-order valence-electron chi connectivity index (χ0n) is 28.4. The molecular formula is C37H43N5O7. The molecule has 2 aromatic heterocycles. The van der Waals surface area contributed by atoms with Gasteiger partial charge in [0.25, 0.3) is 0 Å². The molecule has 12 heteroatoms. The fourth-order valence-corrected chi connectivity index (χ4v) is 6.11. The summed E-state index contributed by atoms with van der Waals surface area (Å²) in [5, 5.41) is 0. The van der Waals surface area contributed by atoms with Gasteiger partial charge in [-0.15, -0.1) is 0 Å². The molecule has 0 atom stereocenters. The van der Waals surface area contributed by atoms with E-state index in [9.17, 15) is 4.79 Å². The molecule has 5 heterocycles. The van der Waals surface area contributed by atoms with Gasteiger partial charge in [-0.2, -0.15) is 0 Å². The van der Waals surface area contributed by atoms with E-state index in [2.05, 4.69) is 21.9 Å². The van der Waals surface area contributed by atoms with E-state index < -0.39 is 0 Å². The number of likely N-dealkylation sites (tertiary alicyclic amines) is 1. The second-order valence-electron chi connectivity index (χ2n) is 12.1. The Morgan fingerprint density at radius 2 is 1.35 bits per heavy atom. The van der Waals surface area contributed by atoms with Crippen molar-refractivity contribution >= 4 is 11.6 Å². The maximum Gasteiger partial charge on any atom is 0.226 e. The van der Waals surface area contributed by atoms with Crippen LogP contribution in [0.3, 0.4) is 0 Å². The van der Waals surface area contributed by atoms with Gasteiger partial charge < -0.3 is 44.0 Å². The first-order chi connectivity index (χ1) is 23.8. The Morgan fingerprint density at radius 3 is 1.92 bits per heavy atom. The summed E-state index contributed by atoms with van der Waals surface area (Å²) in [5.41, 5.74) is 10.4. The monoisotopic (exact) mass is 669 g/mol. The van der Waals surface area contributed by atoms with Crippen molar-refractivity contribution in [2.24, 2.45) is 0 Å². The number of amides is 1. The average molecular weight is 670 g/mol. The molecule has 1 saturated heterocycles. The number of fused-ring (bicyclic) bond motifs is 2. The number of hydrogen-bond donors (Lipinski definition) is 1. The van der Waals surface area contributed by atoms with Crippen LogP contribution in [-0.2, 0) is 11.2 Å². The van der Waals surface area contributed by atoms with E-state index in [4.69, 9.17) is 34.2 Å². The highest BCUT2D eigenvalue weighted by Crippen LogP contribution is 2.41. The van der Waals surface area contributed by atoms with Crippen LogP contribution in [0.25, 0.3) is 22.5 Å². The fourth-order valence-electron chi connectivity index (χ4n) is 6.11. The van der Waals surface area contributed by atoms with E-state index in [1.165, 1.54) is 0 Å². The van der Waals surface area contributed by atoms with Crippen LogP contribution in [-0.4, -0.2) is 99.5 Å². The number of aromatic nitrogens is 2. The molecule has 2 aromatic carbocycles. The third-order valence-electron chi connectivity index (χ3n) is 8.77. The summed E-state index contributed by atoms with van der Waals surface area (Å²) in [6, 6.07) is 19.0. The van der Waals surface area contributed by atoms with Crippen molar-refractivity contribution in [2.45, 2.75) is 25.3 Å². The minimum atomic E-state index is 0.110. The third-order valence-corrected chi connectivity index (χ3v) is 8.77. The van der Waals surface area contributed by atoms with Crippen LogP contribution in [0.5, 0.6) is 34.8 Å². The number of hydrogen-bond acceptors (Lipinski definition) is 11. The van der Waals surface area contributed by atoms with E-state index in [1.807, 2.05) is 60.5 Å². The quantitative estimate of drug-likeness (QED) is 0.293. The Bertz CT molecular complexity index is 1780. The van der Waals surface area contributed by atoms with Crippen LogP contribution in [0.2, 0.25) is 0 Å². The zero-order chi connectivity index (χ0) is 34.3. The number of nitrogens with two attached hydrogens (primary N) is 1. The van der Waals surface area contributed by atoms with E-state index >= 15 is 0 Å². The van der Waals surface area contributed by atoms with Crippen LogP contribution in [0.15, 0.2) is 60.7 Å². The molecule has 2 N–H and O–H groups in total. The Labute approximate surface area is 286 Å². The number of para-hydroxylation sites is 2. The van der Waals surface area contributed by atoms with Gasteiger partial charge in [-0.25, -0.2) is 9.97 Å². The molecule has 7 rings (SSSR count). The van der Waals surface area contributed by atoms with Gasteiger partial charge in [0.05, 0.1) is 32.0 Å². The van der Waals surface area contributed by atoms with Crippen molar-refractivity contribution in [3.8, 4) is 57.3 Å². The molecule has 1 amide bonds. The van der Waals surface area contributed by atoms with Gasteiger partial charge in [0.1, 0.15) is 26.4 Å². The van der Waals surface area contributed by atoms with Crippen molar-refractivity contribution < 1.29 is 33.2 Å². The van der Waals surface area contributed by atoms with E-state index in [0.717, 1.165) is 48.4 Å². The second kappa shape index (κ2) is 15.3. The SMILES string of the molecule is COc1cc(CC(=O)N(C)C2CCN(C)CC2)cc(-c2cccc3c2OCCO3)n1.COc1cc(N)cc(-c2cccc3c2OCCO3)n1. The topological polar surface area (TPSA) is 131 Å². The molecule has 0 aliphatic carbocycles. The number of carbonyl (C=O) groups is 1. The number of rotatable bonds is 7. The van der Waals surface area contributed by atoms with Gasteiger partial charge >= 0.3 is 0 Å². The van der Waals surface area contributed by atoms with Crippen LogP contribution in [0.4, 0.5) is 5.69 Å². The standard InChI is InChI=1S/C23H29N3O4.C14H14N2O3/c1-25-9-7-17(8-10-25)26(2)22(27)15-16-13-19(24-21(14-16)28-3)18-5-4-6-20-23(18)30-12-11-29-20;1-17-13-8-9(15)7-11(16-13)10-3-2-4-12-14(10)19-6-5-18-12/h4-6,13-14,17H,7-12,15H2,1-3H3;2-4,7-8H,5-6H2,1H3,(H2,15,16). The van der Waals surface area contributed by atoms with Crippen molar-refractivity contribution in [3.63, 3.8) is 0 Å². The van der Waals surface area contributed by atoms with Gasteiger partial charge in [0.15, 0.2) is 23.0 Å². The molecule has 12 nitrogen and oxygen atoms in total. The number of carbonyl (C=O) groups excluding carboxylic acids is 1. The summed E-state index contributed by atoms with van der Waals surface area (Å²) in [6.45, 7) is 4.17. The first-order valence-electron chi connectivity index (χ1n) is 16.4. The molecule has 4 aromatic rings. The Hall–Kier alpha value is -5.23. The van der Waals surface area contributed by atoms with E-state index in [-0.39, 0.29) is 5.91 Å². The predicted octanol–water partition coefficient (Wildman–Crippen LogP) is 4.73. The lowest BCUT2D eigenvalue weighted by atomic mass is 10.0. The lowest BCUT2D eigenvalue weighted by Gasteiger charge is -2.35. The number of anilines is 1. The molecule has 49 heavy (non-hydrogen) atoms. The van der Waals surface area contributed by atoms with Crippen molar-refractivity contribution in [1.29, 1.82) is 0 Å². The lowest BCUT2D eigenvalue weighted by molar-refractivity contribution is -0.132. The second-order valence-corrected chi connectivity index (χ2v) is 12.1. The Kier molecular flexibility index (Phi) is 10.5. The summed E-state index contributed by atoms with van der Waals surface area (Å²) >= 11 is 0. The maximum absolute atomic E-state index is 13.0. The number of pyridine rings is 2. The fraction of sp³-hybridized carbons (Fsp3) is 0.378. The number of piperidine rings is 1. The lowest BCUT2D eigenvalue weighted by Crippen LogP contribution is -2.45. The first kappa shape index (κ1) is 33.7. The van der Waals surface area contributed by atoms with Gasteiger partial charge in [0, 0.05) is 42.0 Å². The summed E-state index contributed by atoms with van der Waals surface area (Å²) < 4.78 is 33.3. The number of ether oxygens (including phenoxy) is 6. The number of likely N-dealkylation sites (N-methyl/N-ethyl adjacent to an activating group) is 1. The molecule has 0 spiro atoms. The molecular weight excluding hydrogens is 626 g/mol.